The molecular weight excluding hydrogens is 250 g/mol. The molecule has 2 heterocycles. The lowest BCUT2D eigenvalue weighted by molar-refractivity contribution is -0.131. The Kier molecular flexibility index (Phi) is 3.32. The number of aromatic amines is 1. The largest absolute Gasteiger partial charge is 0.361 e. The second-order valence-electron chi connectivity index (χ2n) is 5.30. The predicted octanol–water partition coefficient (Wildman–Crippen LogP) is 2.13. The number of nitrogens with zero attached hydrogens (tertiary/aromatic N) is 1. The summed E-state index contributed by atoms with van der Waals surface area (Å²) >= 11 is 0. The lowest BCUT2D eigenvalue weighted by atomic mass is 9.98. The first-order valence-corrected chi connectivity index (χ1v) is 6.96. The van der Waals surface area contributed by atoms with Crippen LogP contribution in [0.25, 0.3) is 16.5 Å². The van der Waals surface area contributed by atoms with Gasteiger partial charge in [0.05, 0.1) is 6.04 Å². The minimum atomic E-state index is -0.418. The van der Waals surface area contributed by atoms with Crippen molar-refractivity contribution in [3.63, 3.8) is 0 Å². The molecule has 0 saturated heterocycles. The van der Waals surface area contributed by atoms with Gasteiger partial charge in [0.2, 0.25) is 5.91 Å². The Morgan fingerprint density at radius 3 is 2.90 bits per heavy atom. The Morgan fingerprint density at radius 1 is 1.40 bits per heavy atom. The Bertz CT molecular complexity index is 669. The van der Waals surface area contributed by atoms with Crippen LogP contribution >= 0.6 is 0 Å². The molecule has 1 aromatic carbocycles. The molecule has 0 radical (unpaired) electrons. The number of rotatable bonds is 2. The number of fused-ring (bicyclic) bond motifs is 1. The summed E-state index contributed by atoms with van der Waals surface area (Å²) in [4.78, 5) is 17.0. The minimum Gasteiger partial charge on any atom is -0.361 e. The highest BCUT2D eigenvalue weighted by molar-refractivity contribution is 5.93. The first-order valence-electron chi connectivity index (χ1n) is 6.96. The fourth-order valence-corrected chi connectivity index (χ4v) is 2.74. The van der Waals surface area contributed by atoms with E-state index in [1.165, 1.54) is 16.5 Å². The van der Waals surface area contributed by atoms with Crippen molar-refractivity contribution in [3.05, 3.63) is 42.1 Å². The topological polar surface area (TPSA) is 62.1 Å². The molecule has 0 aliphatic carbocycles. The van der Waals surface area contributed by atoms with Gasteiger partial charge in [-0.2, -0.15) is 0 Å². The molecule has 0 saturated carbocycles. The SMILES string of the molecule is CC(N)C(=O)N1CC=C(c2c[nH]c3ccccc23)CC1. The number of para-hydroxylation sites is 1. The zero-order valence-electron chi connectivity index (χ0n) is 11.6. The Balaban J connectivity index is 1.85. The molecule has 4 nitrogen and oxygen atoms in total. The average Bonchev–Trinajstić information content (AvgIpc) is 2.90. The van der Waals surface area contributed by atoms with E-state index in [1.807, 2.05) is 11.0 Å². The maximum Gasteiger partial charge on any atom is 0.239 e. The van der Waals surface area contributed by atoms with Crippen molar-refractivity contribution in [2.75, 3.05) is 13.1 Å². The van der Waals surface area contributed by atoms with E-state index >= 15 is 0 Å². The molecule has 0 bridgehead atoms. The number of benzene rings is 1. The Labute approximate surface area is 118 Å². The fourth-order valence-electron chi connectivity index (χ4n) is 2.74. The van der Waals surface area contributed by atoms with Crippen LogP contribution in [-0.2, 0) is 4.79 Å². The van der Waals surface area contributed by atoms with Crippen LogP contribution in [0.4, 0.5) is 0 Å². The van der Waals surface area contributed by atoms with Crippen LogP contribution in [0.5, 0.6) is 0 Å². The summed E-state index contributed by atoms with van der Waals surface area (Å²) in [6.45, 7) is 3.13. The minimum absolute atomic E-state index is 0.0271. The quantitative estimate of drug-likeness (QED) is 0.877. The summed E-state index contributed by atoms with van der Waals surface area (Å²) in [6, 6.07) is 7.86. The van der Waals surface area contributed by atoms with Crippen molar-refractivity contribution >= 4 is 22.4 Å². The third kappa shape index (κ3) is 2.23. The Hall–Kier alpha value is -2.07. The molecule has 0 spiro atoms. The maximum atomic E-state index is 11.9. The Morgan fingerprint density at radius 2 is 2.20 bits per heavy atom. The zero-order chi connectivity index (χ0) is 14.1. The number of hydrogen-bond donors (Lipinski definition) is 2. The number of amides is 1. The third-order valence-corrected chi connectivity index (χ3v) is 3.85. The number of aromatic nitrogens is 1. The summed E-state index contributed by atoms with van der Waals surface area (Å²) in [5, 5.41) is 1.24. The third-order valence-electron chi connectivity index (χ3n) is 3.85. The van der Waals surface area contributed by atoms with Crippen molar-refractivity contribution in [3.8, 4) is 0 Å². The molecule has 1 aliphatic heterocycles. The van der Waals surface area contributed by atoms with Crippen LogP contribution in [0.2, 0.25) is 0 Å². The number of carbonyl (C=O) groups excluding carboxylic acids is 1. The highest BCUT2D eigenvalue weighted by Crippen LogP contribution is 2.29. The first kappa shape index (κ1) is 12.9. The van der Waals surface area contributed by atoms with Gasteiger partial charge >= 0.3 is 0 Å². The number of hydrogen-bond acceptors (Lipinski definition) is 2. The van der Waals surface area contributed by atoms with E-state index in [9.17, 15) is 4.79 Å². The van der Waals surface area contributed by atoms with E-state index in [4.69, 9.17) is 5.73 Å². The molecular formula is C16H19N3O. The number of nitrogens with two attached hydrogens (primary N) is 1. The van der Waals surface area contributed by atoms with Crippen molar-refractivity contribution in [1.82, 2.24) is 9.88 Å². The van der Waals surface area contributed by atoms with E-state index in [0.29, 0.717) is 6.54 Å². The smallest absolute Gasteiger partial charge is 0.239 e. The van der Waals surface area contributed by atoms with E-state index in [0.717, 1.165) is 18.5 Å². The van der Waals surface area contributed by atoms with Gasteiger partial charge < -0.3 is 15.6 Å². The lowest BCUT2D eigenvalue weighted by Crippen LogP contribution is -2.43. The molecule has 0 fully saturated rings. The van der Waals surface area contributed by atoms with E-state index in [2.05, 4.69) is 35.5 Å². The summed E-state index contributed by atoms with van der Waals surface area (Å²) < 4.78 is 0. The molecule has 1 aromatic heterocycles. The molecule has 1 aliphatic rings. The molecule has 20 heavy (non-hydrogen) atoms. The maximum absolute atomic E-state index is 11.9. The normalized spacial score (nSPS) is 17.1. The van der Waals surface area contributed by atoms with Crippen LogP contribution in [0.15, 0.2) is 36.5 Å². The van der Waals surface area contributed by atoms with Crippen LogP contribution in [0, 0.1) is 0 Å². The highest BCUT2D eigenvalue weighted by atomic mass is 16.2. The van der Waals surface area contributed by atoms with E-state index < -0.39 is 6.04 Å². The predicted molar refractivity (Wildman–Crippen MR) is 81.1 cm³/mol. The van der Waals surface area contributed by atoms with Gasteiger partial charge in [-0.15, -0.1) is 0 Å². The zero-order valence-corrected chi connectivity index (χ0v) is 11.6. The summed E-state index contributed by atoms with van der Waals surface area (Å²) in [5.41, 5.74) is 9.35. The van der Waals surface area contributed by atoms with Gasteiger partial charge in [-0.1, -0.05) is 24.3 Å². The number of H-pyrrole nitrogens is 1. The average molecular weight is 269 g/mol. The molecule has 1 amide bonds. The number of nitrogens with one attached hydrogen (secondary N) is 1. The molecule has 1 atom stereocenters. The van der Waals surface area contributed by atoms with Gasteiger partial charge in [0, 0.05) is 35.8 Å². The summed E-state index contributed by atoms with van der Waals surface area (Å²) in [7, 11) is 0. The lowest BCUT2D eigenvalue weighted by Gasteiger charge is -2.27. The van der Waals surface area contributed by atoms with E-state index in [1.54, 1.807) is 6.92 Å². The van der Waals surface area contributed by atoms with Crippen molar-refractivity contribution < 1.29 is 4.79 Å². The highest BCUT2D eigenvalue weighted by Gasteiger charge is 2.21. The van der Waals surface area contributed by atoms with Gasteiger partial charge in [-0.3, -0.25) is 4.79 Å². The number of carbonyl (C=O) groups is 1. The summed E-state index contributed by atoms with van der Waals surface area (Å²) in [5.74, 6) is 0.0271. The molecule has 3 N–H and O–H groups in total. The second-order valence-corrected chi connectivity index (χ2v) is 5.30. The van der Waals surface area contributed by atoms with Gasteiger partial charge in [0.15, 0.2) is 0 Å². The van der Waals surface area contributed by atoms with Crippen molar-refractivity contribution in [2.24, 2.45) is 5.73 Å². The van der Waals surface area contributed by atoms with Gasteiger partial charge in [0.1, 0.15) is 0 Å². The van der Waals surface area contributed by atoms with Crippen molar-refractivity contribution in [1.29, 1.82) is 0 Å². The fraction of sp³-hybridized carbons (Fsp3) is 0.312. The van der Waals surface area contributed by atoms with Gasteiger partial charge in [0.25, 0.3) is 0 Å². The molecule has 4 heteroatoms. The van der Waals surface area contributed by atoms with Crippen LogP contribution in [0.3, 0.4) is 0 Å². The molecule has 1 unspecified atom stereocenters. The van der Waals surface area contributed by atoms with Crippen molar-refractivity contribution in [2.45, 2.75) is 19.4 Å². The molecule has 104 valence electrons. The van der Waals surface area contributed by atoms with Crippen LogP contribution in [-0.4, -0.2) is 34.9 Å². The molecule has 3 rings (SSSR count). The van der Waals surface area contributed by atoms with E-state index in [-0.39, 0.29) is 5.91 Å². The van der Waals surface area contributed by atoms with Crippen LogP contribution < -0.4 is 5.73 Å². The van der Waals surface area contributed by atoms with Crippen LogP contribution in [0.1, 0.15) is 18.9 Å². The monoisotopic (exact) mass is 269 g/mol. The molecule has 2 aromatic rings. The second kappa shape index (κ2) is 5.13. The van der Waals surface area contributed by atoms with Gasteiger partial charge in [-0.25, -0.2) is 0 Å². The summed E-state index contributed by atoms with van der Waals surface area (Å²) in [6.07, 6.45) is 5.07. The van der Waals surface area contributed by atoms with Gasteiger partial charge in [-0.05, 0) is 25.0 Å². The first-order chi connectivity index (χ1) is 9.66. The standard InChI is InChI=1S/C16H19N3O/c1-11(17)16(20)19-8-6-12(7-9-19)14-10-18-15-5-3-2-4-13(14)15/h2-6,10-11,18H,7-9,17H2,1H3.